The summed E-state index contributed by atoms with van der Waals surface area (Å²) < 4.78 is 6.64. The average molecular weight is 389 g/mol. The van der Waals surface area contributed by atoms with Crippen LogP contribution in [0.1, 0.15) is 35.8 Å². The topological polar surface area (TPSA) is 51.2 Å². The maximum Gasteiger partial charge on any atom is 0.253 e. The number of carbonyl (C=O) groups is 1. The number of aromatic nitrogens is 1. The minimum Gasteiger partial charge on any atom is -0.376 e. The fourth-order valence-corrected chi connectivity index (χ4v) is 3.38. The number of aryl methyl sites for hydroxylation is 1. The molecule has 5 heteroatoms. The van der Waals surface area contributed by atoms with Gasteiger partial charge in [-0.2, -0.15) is 0 Å². The Hall–Kier alpha value is -1.72. The van der Waals surface area contributed by atoms with Crippen LogP contribution in [0.5, 0.6) is 0 Å². The zero-order chi connectivity index (χ0) is 17.1. The van der Waals surface area contributed by atoms with Crippen LogP contribution in [0.4, 0.5) is 0 Å². The first kappa shape index (κ1) is 17.1. The van der Waals surface area contributed by atoms with Crippen molar-refractivity contribution >= 4 is 21.8 Å². The van der Waals surface area contributed by atoms with Crippen molar-refractivity contribution in [1.29, 1.82) is 0 Å². The highest BCUT2D eigenvalue weighted by Crippen LogP contribution is 2.23. The Balaban J connectivity index is 1.75. The second-order valence-electron chi connectivity index (χ2n) is 6.15. The first-order valence-electron chi connectivity index (χ1n) is 8.20. The molecule has 2 heterocycles. The zero-order valence-electron chi connectivity index (χ0n) is 13.9. The Morgan fingerprint density at radius 2 is 2.21 bits per heavy atom. The maximum absolute atomic E-state index is 12.5. The molecule has 0 radical (unpaired) electrons. The van der Waals surface area contributed by atoms with Crippen LogP contribution in [0, 0.1) is 6.92 Å². The van der Waals surface area contributed by atoms with Crippen LogP contribution in [-0.4, -0.2) is 29.6 Å². The predicted octanol–water partition coefficient (Wildman–Crippen LogP) is 4.12. The minimum absolute atomic E-state index is 0.00385. The smallest absolute Gasteiger partial charge is 0.253 e. The van der Waals surface area contributed by atoms with Crippen molar-refractivity contribution in [3.8, 4) is 11.3 Å². The summed E-state index contributed by atoms with van der Waals surface area (Å²) >= 11 is 3.47. The van der Waals surface area contributed by atoms with Gasteiger partial charge >= 0.3 is 0 Å². The largest absolute Gasteiger partial charge is 0.376 e. The molecule has 0 spiro atoms. The Morgan fingerprint density at radius 3 is 2.88 bits per heavy atom. The lowest BCUT2D eigenvalue weighted by molar-refractivity contribution is 0.0712. The normalized spacial score (nSPS) is 18.4. The number of nitrogens with one attached hydrogen (secondary N) is 1. The van der Waals surface area contributed by atoms with Gasteiger partial charge in [0.05, 0.1) is 29.1 Å². The molecule has 1 N–H and O–H groups in total. The molecule has 3 rings (SSSR count). The molecule has 1 aliphatic rings. The third-order valence-corrected chi connectivity index (χ3v) is 4.83. The number of hydrogen-bond acceptors (Lipinski definition) is 3. The molecule has 2 atom stereocenters. The molecule has 4 nitrogen and oxygen atoms in total. The van der Waals surface area contributed by atoms with Crippen molar-refractivity contribution in [2.75, 3.05) is 6.61 Å². The van der Waals surface area contributed by atoms with E-state index in [0.717, 1.165) is 40.9 Å². The first-order valence-corrected chi connectivity index (χ1v) is 9.00. The predicted molar refractivity (Wildman–Crippen MR) is 98.0 cm³/mol. The van der Waals surface area contributed by atoms with Crippen LogP contribution < -0.4 is 5.32 Å². The van der Waals surface area contributed by atoms with Crippen LogP contribution in [0.15, 0.2) is 40.9 Å². The lowest BCUT2D eigenvalue weighted by Gasteiger charge is -2.20. The van der Waals surface area contributed by atoms with Gasteiger partial charge in [-0.25, -0.2) is 0 Å². The van der Waals surface area contributed by atoms with Gasteiger partial charge in [0.25, 0.3) is 5.91 Å². The van der Waals surface area contributed by atoms with Crippen molar-refractivity contribution in [2.45, 2.75) is 38.8 Å². The summed E-state index contributed by atoms with van der Waals surface area (Å²) in [5.74, 6) is -0.0937. The highest BCUT2D eigenvalue weighted by molar-refractivity contribution is 9.10. The van der Waals surface area contributed by atoms with E-state index in [9.17, 15) is 4.79 Å². The number of halogens is 1. The summed E-state index contributed by atoms with van der Waals surface area (Å²) in [6.45, 7) is 4.65. The van der Waals surface area contributed by atoms with E-state index in [-0.39, 0.29) is 18.1 Å². The molecule has 1 amide bonds. The van der Waals surface area contributed by atoms with Gasteiger partial charge in [0.1, 0.15) is 0 Å². The molecule has 0 bridgehead atoms. The minimum atomic E-state index is -0.0937. The monoisotopic (exact) mass is 388 g/mol. The van der Waals surface area contributed by atoms with E-state index in [0.29, 0.717) is 5.56 Å². The molecule has 24 heavy (non-hydrogen) atoms. The quantitative estimate of drug-likeness (QED) is 0.856. The molecule has 126 valence electrons. The number of carbonyl (C=O) groups excluding carboxylic acids is 1. The van der Waals surface area contributed by atoms with E-state index in [4.69, 9.17) is 4.74 Å². The number of pyridine rings is 1. The third kappa shape index (κ3) is 3.84. The highest BCUT2D eigenvalue weighted by Gasteiger charge is 2.24. The van der Waals surface area contributed by atoms with Crippen molar-refractivity contribution in [2.24, 2.45) is 0 Å². The Morgan fingerprint density at radius 1 is 1.38 bits per heavy atom. The molecule has 2 aromatic rings. The molecular formula is C19H21BrN2O2. The van der Waals surface area contributed by atoms with Crippen LogP contribution in [0.25, 0.3) is 11.3 Å². The van der Waals surface area contributed by atoms with Crippen LogP contribution in [-0.2, 0) is 4.74 Å². The summed E-state index contributed by atoms with van der Waals surface area (Å²) in [4.78, 5) is 17.1. The maximum atomic E-state index is 12.5. The standard InChI is InChI=1S/C19H21BrN2O2/c1-12-16(19(23)22-13(2)18-7-4-10-24-18)8-9-17(21-12)14-5-3-6-15(20)11-14/h3,5-6,8-9,11,13,18H,4,7,10H2,1-2H3,(H,22,23)/t13-,18+/m0/s1. The summed E-state index contributed by atoms with van der Waals surface area (Å²) in [6, 6.07) is 11.7. The molecule has 1 aromatic carbocycles. The van der Waals surface area contributed by atoms with Gasteiger partial charge in [0.15, 0.2) is 0 Å². The van der Waals surface area contributed by atoms with Crippen LogP contribution >= 0.6 is 15.9 Å². The van der Waals surface area contributed by atoms with Gasteiger partial charge in [-0.3, -0.25) is 9.78 Å². The van der Waals surface area contributed by atoms with Gasteiger partial charge in [0.2, 0.25) is 0 Å². The van der Waals surface area contributed by atoms with Crippen LogP contribution in [0.2, 0.25) is 0 Å². The first-order chi connectivity index (χ1) is 11.5. The SMILES string of the molecule is Cc1nc(-c2cccc(Br)c2)ccc1C(=O)N[C@@H](C)[C@H]1CCCO1. The molecule has 0 aliphatic carbocycles. The molecule has 1 fully saturated rings. The number of hydrogen-bond donors (Lipinski definition) is 1. The third-order valence-electron chi connectivity index (χ3n) is 4.33. The lowest BCUT2D eigenvalue weighted by Crippen LogP contribution is -2.41. The van der Waals surface area contributed by atoms with Crippen molar-refractivity contribution in [1.82, 2.24) is 10.3 Å². The van der Waals surface area contributed by atoms with E-state index in [1.54, 1.807) is 0 Å². The highest BCUT2D eigenvalue weighted by atomic mass is 79.9. The number of amides is 1. The summed E-state index contributed by atoms with van der Waals surface area (Å²) in [6.07, 6.45) is 2.18. The van der Waals surface area contributed by atoms with E-state index >= 15 is 0 Å². The summed E-state index contributed by atoms with van der Waals surface area (Å²) in [7, 11) is 0. The fourth-order valence-electron chi connectivity index (χ4n) is 2.98. The number of rotatable bonds is 4. The lowest BCUT2D eigenvalue weighted by atomic mass is 10.1. The second kappa shape index (κ2) is 7.45. The molecular weight excluding hydrogens is 368 g/mol. The Labute approximate surface area is 150 Å². The number of ether oxygens (including phenoxy) is 1. The van der Waals surface area contributed by atoms with Gasteiger partial charge in [-0.1, -0.05) is 28.1 Å². The number of benzene rings is 1. The average Bonchev–Trinajstić information content (AvgIpc) is 3.09. The molecule has 0 unspecified atom stereocenters. The van der Waals surface area contributed by atoms with E-state index in [1.165, 1.54) is 0 Å². The van der Waals surface area contributed by atoms with Gasteiger partial charge in [-0.15, -0.1) is 0 Å². The second-order valence-corrected chi connectivity index (χ2v) is 7.07. The zero-order valence-corrected chi connectivity index (χ0v) is 15.5. The van der Waals surface area contributed by atoms with Gasteiger partial charge in [-0.05, 0) is 51.0 Å². The van der Waals surface area contributed by atoms with E-state index in [1.807, 2.05) is 50.2 Å². The van der Waals surface area contributed by atoms with Crippen LogP contribution in [0.3, 0.4) is 0 Å². The van der Waals surface area contributed by atoms with Gasteiger partial charge in [0, 0.05) is 16.6 Å². The van der Waals surface area contributed by atoms with Gasteiger partial charge < -0.3 is 10.1 Å². The summed E-state index contributed by atoms with van der Waals surface area (Å²) in [5.41, 5.74) is 3.22. The van der Waals surface area contributed by atoms with Crippen molar-refractivity contribution < 1.29 is 9.53 Å². The fraction of sp³-hybridized carbons (Fsp3) is 0.368. The van der Waals surface area contributed by atoms with E-state index < -0.39 is 0 Å². The Kier molecular flexibility index (Phi) is 5.31. The molecule has 1 saturated heterocycles. The molecule has 0 saturated carbocycles. The molecule has 1 aromatic heterocycles. The van der Waals surface area contributed by atoms with E-state index in [2.05, 4.69) is 26.2 Å². The number of nitrogens with zero attached hydrogens (tertiary/aromatic N) is 1. The van der Waals surface area contributed by atoms with Crippen molar-refractivity contribution in [3.05, 3.63) is 52.1 Å². The Bertz CT molecular complexity index is 742. The molecule has 1 aliphatic heterocycles. The van der Waals surface area contributed by atoms with Crippen molar-refractivity contribution in [3.63, 3.8) is 0 Å². The summed E-state index contributed by atoms with van der Waals surface area (Å²) in [5, 5.41) is 3.04.